The van der Waals surface area contributed by atoms with Gasteiger partial charge >= 0.3 is 0 Å². The van der Waals surface area contributed by atoms with E-state index in [2.05, 4.69) is 51.8 Å². The topological polar surface area (TPSA) is 15.3 Å². The molecule has 0 spiro atoms. The van der Waals surface area contributed by atoms with Gasteiger partial charge in [0.15, 0.2) is 0 Å². The second-order valence-electron chi connectivity index (χ2n) is 7.32. The third-order valence-electron chi connectivity index (χ3n) is 5.79. The van der Waals surface area contributed by atoms with Crippen LogP contribution < -0.4 is 5.32 Å². The van der Waals surface area contributed by atoms with E-state index in [-0.39, 0.29) is 0 Å². The predicted octanol–water partition coefficient (Wildman–Crippen LogP) is 4.55. The maximum Gasteiger partial charge on any atom is 0.0252 e. The van der Waals surface area contributed by atoms with Gasteiger partial charge in [-0.3, -0.25) is 4.90 Å². The minimum Gasteiger partial charge on any atom is -0.313 e. The quantitative estimate of drug-likeness (QED) is 0.671. The van der Waals surface area contributed by atoms with E-state index in [0.717, 1.165) is 30.3 Å². The summed E-state index contributed by atoms with van der Waals surface area (Å²) in [6, 6.07) is 1.45. The van der Waals surface area contributed by atoms with E-state index in [0.29, 0.717) is 6.04 Å². The van der Waals surface area contributed by atoms with E-state index < -0.39 is 0 Å². The number of hydrogen-bond acceptors (Lipinski definition) is 2. The minimum absolute atomic E-state index is 0.708. The molecule has 0 aromatic rings. The molecule has 0 amide bonds. The van der Waals surface area contributed by atoms with Crippen LogP contribution in [0.25, 0.3) is 0 Å². The van der Waals surface area contributed by atoms with Gasteiger partial charge in [0.1, 0.15) is 0 Å². The summed E-state index contributed by atoms with van der Waals surface area (Å²) in [6.07, 6.45) is 6.80. The van der Waals surface area contributed by atoms with Gasteiger partial charge in [-0.2, -0.15) is 0 Å². The molecule has 0 aromatic carbocycles. The maximum atomic E-state index is 3.78. The van der Waals surface area contributed by atoms with Crippen molar-refractivity contribution in [3.05, 3.63) is 0 Å². The summed E-state index contributed by atoms with van der Waals surface area (Å²) < 4.78 is 0. The van der Waals surface area contributed by atoms with Crippen LogP contribution >= 0.6 is 0 Å². The Hall–Kier alpha value is -0.0800. The first-order chi connectivity index (χ1) is 10.1. The first-order valence-electron chi connectivity index (χ1n) is 9.54. The summed E-state index contributed by atoms with van der Waals surface area (Å²) >= 11 is 0. The lowest BCUT2D eigenvalue weighted by Gasteiger charge is -2.45. The van der Waals surface area contributed by atoms with Crippen molar-refractivity contribution in [2.45, 2.75) is 85.7 Å². The van der Waals surface area contributed by atoms with Crippen LogP contribution in [0.2, 0.25) is 0 Å². The van der Waals surface area contributed by atoms with E-state index in [1.54, 1.807) is 0 Å². The van der Waals surface area contributed by atoms with Crippen molar-refractivity contribution in [3.63, 3.8) is 0 Å². The standard InChI is InChI=1S/C19H40N2/c1-7-16(8-2)14-21(10-4)19-13-17(15(5)6)11-12-18(19)20-9-3/h15-20H,7-14H2,1-6H3. The van der Waals surface area contributed by atoms with Gasteiger partial charge in [-0.1, -0.05) is 54.4 Å². The molecule has 126 valence electrons. The highest BCUT2D eigenvalue weighted by Gasteiger charge is 2.34. The molecule has 0 saturated heterocycles. The van der Waals surface area contributed by atoms with Gasteiger partial charge in [-0.25, -0.2) is 0 Å². The molecular weight excluding hydrogens is 256 g/mol. The molecule has 2 nitrogen and oxygen atoms in total. The highest BCUT2D eigenvalue weighted by atomic mass is 15.2. The van der Waals surface area contributed by atoms with Gasteiger partial charge < -0.3 is 5.32 Å². The number of hydrogen-bond donors (Lipinski definition) is 1. The molecule has 0 bridgehead atoms. The van der Waals surface area contributed by atoms with Gasteiger partial charge in [0.05, 0.1) is 0 Å². The molecule has 1 aliphatic rings. The van der Waals surface area contributed by atoms with Crippen LogP contribution in [-0.4, -0.2) is 36.6 Å². The van der Waals surface area contributed by atoms with Gasteiger partial charge in [-0.05, 0) is 50.1 Å². The molecular formula is C19H40N2. The van der Waals surface area contributed by atoms with Crippen molar-refractivity contribution >= 4 is 0 Å². The van der Waals surface area contributed by atoms with E-state index >= 15 is 0 Å². The molecule has 1 rings (SSSR count). The first-order valence-corrected chi connectivity index (χ1v) is 9.54. The Morgan fingerprint density at radius 2 is 1.71 bits per heavy atom. The lowest BCUT2D eigenvalue weighted by Crippen LogP contribution is -2.54. The van der Waals surface area contributed by atoms with E-state index in [1.165, 1.54) is 45.2 Å². The summed E-state index contributed by atoms with van der Waals surface area (Å²) in [6.45, 7) is 17.7. The Bertz CT molecular complexity index is 260. The van der Waals surface area contributed by atoms with Gasteiger partial charge in [-0.15, -0.1) is 0 Å². The zero-order valence-corrected chi connectivity index (χ0v) is 15.5. The molecule has 3 unspecified atom stereocenters. The summed E-state index contributed by atoms with van der Waals surface area (Å²) in [5.74, 6) is 2.62. The van der Waals surface area contributed by atoms with Crippen LogP contribution in [0.5, 0.6) is 0 Å². The molecule has 1 aliphatic carbocycles. The molecule has 1 N–H and O–H groups in total. The van der Waals surface area contributed by atoms with Crippen LogP contribution in [0.3, 0.4) is 0 Å². The Balaban J connectivity index is 2.77. The Labute approximate surface area is 134 Å². The van der Waals surface area contributed by atoms with Gasteiger partial charge in [0, 0.05) is 18.6 Å². The third-order valence-corrected chi connectivity index (χ3v) is 5.79. The first kappa shape index (κ1) is 19.0. The van der Waals surface area contributed by atoms with Crippen LogP contribution in [0.1, 0.15) is 73.6 Å². The number of likely N-dealkylation sites (N-methyl/N-ethyl adjacent to an activating group) is 2. The highest BCUT2D eigenvalue weighted by molar-refractivity contribution is 4.92. The lowest BCUT2D eigenvalue weighted by atomic mass is 9.76. The van der Waals surface area contributed by atoms with Crippen molar-refractivity contribution in [3.8, 4) is 0 Å². The molecule has 0 radical (unpaired) electrons. The number of rotatable bonds is 9. The van der Waals surface area contributed by atoms with Crippen LogP contribution in [0.15, 0.2) is 0 Å². The Morgan fingerprint density at radius 3 is 2.19 bits per heavy atom. The fraction of sp³-hybridized carbons (Fsp3) is 1.00. The Kier molecular flexibility index (Phi) is 8.89. The average molecular weight is 297 g/mol. The smallest absolute Gasteiger partial charge is 0.0252 e. The molecule has 1 saturated carbocycles. The van der Waals surface area contributed by atoms with Gasteiger partial charge in [0.2, 0.25) is 0 Å². The molecule has 0 aromatic heterocycles. The molecule has 21 heavy (non-hydrogen) atoms. The van der Waals surface area contributed by atoms with Crippen molar-refractivity contribution in [2.75, 3.05) is 19.6 Å². The summed E-state index contributed by atoms with van der Waals surface area (Å²) in [5, 5.41) is 3.78. The monoisotopic (exact) mass is 296 g/mol. The molecule has 0 heterocycles. The third kappa shape index (κ3) is 5.56. The fourth-order valence-corrected chi connectivity index (χ4v) is 4.07. The normalized spacial score (nSPS) is 27.0. The molecule has 1 fully saturated rings. The fourth-order valence-electron chi connectivity index (χ4n) is 4.07. The van der Waals surface area contributed by atoms with Crippen LogP contribution in [-0.2, 0) is 0 Å². The van der Waals surface area contributed by atoms with Crippen molar-refractivity contribution in [1.82, 2.24) is 10.2 Å². The summed E-state index contributed by atoms with van der Waals surface area (Å²) in [4.78, 5) is 2.79. The van der Waals surface area contributed by atoms with Crippen molar-refractivity contribution in [1.29, 1.82) is 0 Å². The van der Waals surface area contributed by atoms with Gasteiger partial charge in [0.25, 0.3) is 0 Å². The molecule has 2 heteroatoms. The number of nitrogens with one attached hydrogen (secondary N) is 1. The second-order valence-corrected chi connectivity index (χ2v) is 7.32. The molecule has 0 aliphatic heterocycles. The van der Waals surface area contributed by atoms with Crippen molar-refractivity contribution in [2.24, 2.45) is 17.8 Å². The average Bonchev–Trinajstić information content (AvgIpc) is 2.49. The molecule has 3 atom stereocenters. The van der Waals surface area contributed by atoms with Crippen LogP contribution in [0.4, 0.5) is 0 Å². The summed E-state index contributed by atoms with van der Waals surface area (Å²) in [5.41, 5.74) is 0. The second kappa shape index (κ2) is 9.84. The summed E-state index contributed by atoms with van der Waals surface area (Å²) in [7, 11) is 0. The van der Waals surface area contributed by atoms with E-state index in [1.807, 2.05) is 0 Å². The predicted molar refractivity (Wildman–Crippen MR) is 94.8 cm³/mol. The zero-order valence-electron chi connectivity index (χ0n) is 15.5. The SMILES string of the molecule is CCNC1CCC(C(C)C)CC1N(CC)CC(CC)CC. The zero-order chi connectivity index (χ0) is 15.8. The Morgan fingerprint density at radius 1 is 1.05 bits per heavy atom. The van der Waals surface area contributed by atoms with Crippen LogP contribution in [0, 0.1) is 17.8 Å². The maximum absolute atomic E-state index is 3.78. The number of nitrogens with zero attached hydrogens (tertiary/aromatic N) is 1. The highest BCUT2D eigenvalue weighted by Crippen LogP contribution is 2.33. The minimum atomic E-state index is 0.708. The van der Waals surface area contributed by atoms with Crippen molar-refractivity contribution < 1.29 is 0 Å². The lowest BCUT2D eigenvalue weighted by molar-refractivity contribution is 0.0736. The largest absolute Gasteiger partial charge is 0.313 e. The van der Waals surface area contributed by atoms with E-state index in [9.17, 15) is 0 Å². The van der Waals surface area contributed by atoms with E-state index in [4.69, 9.17) is 0 Å².